The Balaban J connectivity index is 4.03. The van der Waals surface area contributed by atoms with Crippen LogP contribution in [0.15, 0.2) is 0 Å². The van der Waals surface area contributed by atoms with Gasteiger partial charge in [0.25, 0.3) is 0 Å². The molecule has 1 unspecified atom stereocenters. The van der Waals surface area contributed by atoms with E-state index >= 15 is 0 Å². The van der Waals surface area contributed by atoms with Crippen LogP contribution in [0.25, 0.3) is 0 Å². The number of ether oxygens (including phenoxy) is 2. The molecule has 29 heavy (non-hydrogen) atoms. The topological polar surface area (TPSA) is 76.7 Å². The highest BCUT2D eigenvalue weighted by Crippen LogP contribution is 2.19. The molecular formula is C22H46N3O4+. The number of quaternary nitrogens is 1. The summed E-state index contributed by atoms with van der Waals surface area (Å²) in [6.07, 6.45) is 0.879. The molecule has 0 fully saturated rings. The first-order valence-corrected chi connectivity index (χ1v) is 10.7. The van der Waals surface area contributed by atoms with E-state index in [0.29, 0.717) is 45.8 Å². The van der Waals surface area contributed by atoms with Crippen LogP contribution in [0.5, 0.6) is 0 Å². The normalized spacial score (nSPS) is 14.0. The van der Waals surface area contributed by atoms with Gasteiger partial charge in [-0.1, -0.05) is 20.8 Å². The minimum Gasteiger partial charge on any atom is -0.379 e. The molecule has 7 heteroatoms. The number of rotatable bonds is 14. The highest BCUT2D eigenvalue weighted by atomic mass is 16.5. The fourth-order valence-electron chi connectivity index (χ4n) is 2.58. The van der Waals surface area contributed by atoms with Crippen molar-refractivity contribution < 1.29 is 23.5 Å². The number of carbonyl (C=O) groups excluding carboxylic acids is 2. The van der Waals surface area contributed by atoms with Crippen molar-refractivity contribution in [2.24, 2.45) is 5.41 Å². The lowest BCUT2D eigenvalue weighted by molar-refractivity contribution is -0.870. The highest BCUT2D eigenvalue weighted by molar-refractivity contribution is 5.88. The monoisotopic (exact) mass is 416 g/mol. The third kappa shape index (κ3) is 16.5. The van der Waals surface area contributed by atoms with Gasteiger partial charge in [-0.15, -0.1) is 0 Å². The lowest BCUT2D eigenvalue weighted by Crippen LogP contribution is -2.52. The van der Waals surface area contributed by atoms with E-state index in [1.54, 1.807) is 0 Å². The molecule has 172 valence electrons. The molecule has 0 aliphatic heterocycles. The average molecular weight is 417 g/mol. The summed E-state index contributed by atoms with van der Waals surface area (Å²) >= 11 is 0. The molecule has 1 atom stereocenters. The second kappa shape index (κ2) is 12.6. The van der Waals surface area contributed by atoms with Gasteiger partial charge in [-0.3, -0.25) is 9.59 Å². The van der Waals surface area contributed by atoms with Crippen LogP contribution in [0.1, 0.15) is 54.4 Å². The number of ketones is 1. The highest BCUT2D eigenvalue weighted by Gasteiger charge is 2.31. The van der Waals surface area contributed by atoms with Crippen molar-refractivity contribution in [3.05, 3.63) is 0 Å². The number of amides is 1. The lowest BCUT2D eigenvalue weighted by atomic mass is 9.84. The third-order valence-corrected chi connectivity index (χ3v) is 4.17. The third-order valence-electron chi connectivity index (χ3n) is 4.17. The van der Waals surface area contributed by atoms with Gasteiger partial charge in [0.2, 0.25) is 5.91 Å². The number of hydrogen-bond acceptors (Lipinski definition) is 5. The van der Waals surface area contributed by atoms with Gasteiger partial charge in [-0.25, -0.2) is 0 Å². The van der Waals surface area contributed by atoms with Gasteiger partial charge in [-0.2, -0.15) is 0 Å². The molecule has 2 N–H and O–H groups in total. The van der Waals surface area contributed by atoms with Crippen LogP contribution in [-0.4, -0.2) is 88.4 Å². The summed E-state index contributed by atoms with van der Waals surface area (Å²) in [6.45, 7) is 15.4. The molecule has 0 aromatic heterocycles. The summed E-state index contributed by atoms with van der Waals surface area (Å²) in [6, 6.07) is -0.282. The van der Waals surface area contributed by atoms with Gasteiger partial charge >= 0.3 is 0 Å². The van der Waals surface area contributed by atoms with E-state index in [2.05, 4.69) is 31.8 Å². The number of Topliss-reactive ketones (excluding diaryl/α,β-unsaturated/α-hetero) is 1. The lowest BCUT2D eigenvalue weighted by Gasteiger charge is -2.31. The quantitative estimate of drug-likeness (QED) is 0.335. The van der Waals surface area contributed by atoms with Gasteiger partial charge in [-0.05, 0) is 27.2 Å². The molecular weight excluding hydrogens is 370 g/mol. The van der Waals surface area contributed by atoms with Crippen molar-refractivity contribution in [2.45, 2.75) is 66.0 Å². The fraction of sp³-hybridized carbons (Fsp3) is 0.909. The van der Waals surface area contributed by atoms with Crippen LogP contribution >= 0.6 is 0 Å². The Morgan fingerprint density at radius 1 is 0.897 bits per heavy atom. The zero-order valence-electron chi connectivity index (χ0n) is 20.3. The van der Waals surface area contributed by atoms with Gasteiger partial charge < -0.3 is 24.6 Å². The number of nitrogens with zero attached hydrogens (tertiary/aromatic N) is 1. The zero-order chi connectivity index (χ0) is 22.7. The van der Waals surface area contributed by atoms with Crippen LogP contribution in [0.4, 0.5) is 0 Å². The Labute approximate surface area is 178 Å². The summed E-state index contributed by atoms with van der Waals surface area (Å²) < 4.78 is 11.8. The van der Waals surface area contributed by atoms with E-state index in [1.165, 1.54) is 0 Å². The molecule has 0 rings (SSSR count). The second-order valence-corrected chi connectivity index (χ2v) is 10.7. The van der Waals surface area contributed by atoms with Crippen LogP contribution in [0.2, 0.25) is 0 Å². The Morgan fingerprint density at radius 2 is 1.45 bits per heavy atom. The molecule has 7 nitrogen and oxygen atoms in total. The van der Waals surface area contributed by atoms with E-state index in [0.717, 1.165) is 11.0 Å². The maximum atomic E-state index is 12.7. The standard InChI is InChI=1S/C22H45N3O4/c1-21(2,3)20(27)18(24-22(4,5)6)10-12-23-19(26)11-14-28-16-17-29-15-13-25(7,8)9/h18,24H,10-17H2,1-9H3/p+1. The van der Waals surface area contributed by atoms with E-state index in [4.69, 9.17) is 9.47 Å². The summed E-state index contributed by atoms with van der Waals surface area (Å²) in [5.74, 6) is 0.101. The van der Waals surface area contributed by atoms with Crippen LogP contribution in [0.3, 0.4) is 0 Å². The molecule has 0 aliphatic rings. The van der Waals surface area contributed by atoms with E-state index < -0.39 is 5.41 Å². The van der Waals surface area contributed by atoms with Crippen molar-refractivity contribution >= 4 is 11.7 Å². The summed E-state index contributed by atoms with van der Waals surface area (Å²) in [5, 5.41) is 6.27. The van der Waals surface area contributed by atoms with Crippen molar-refractivity contribution in [3.8, 4) is 0 Å². The molecule has 0 heterocycles. The smallest absolute Gasteiger partial charge is 0.222 e. The molecule has 0 aliphatic carbocycles. The van der Waals surface area contributed by atoms with Crippen molar-refractivity contribution in [1.82, 2.24) is 10.6 Å². The van der Waals surface area contributed by atoms with E-state index in [1.807, 2.05) is 41.5 Å². The van der Waals surface area contributed by atoms with Crippen LogP contribution in [0, 0.1) is 5.41 Å². The largest absolute Gasteiger partial charge is 0.379 e. The van der Waals surface area contributed by atoms with Gasteiger partial charge in [0, 0.05) is 23.9 Å². The first-order valence-electron chi connectivity index (χ1n) is 10.7. The first-order chi connectivity index (χ1) is 13.1. The second-order valence-electron chi connectivity index (χ2n) is 10.7. The van der Waals surface area contributed by atoms with Gasteiger partial charge in [0.05, 0.1) is 53.6 Å². The van der Waals surface area contributed by atoms with E-state index in [9.17, 15) is 9.59 Å². The average Bonchev–Trinajstić information content (AvgIpc) is 2.52. The molecule has 0 aromatic carbocycles. The minimum absolute atomic E-state index is 0.0614. The molecule has 0 saturated heterocycles. The Morgan fingerprint density at radius 3 is 1.93 bits per heavy atom. The maximum absolute atomic E-state index is 12.7. The molecule has 0 spiro atoms. The molecule has 0 aromatic rings. The van der Waals surface area contributed by atoms with E-state index in [-0.39, 0.29) is 23.3 Å². The Hall–Kier alpha value is -1.02. The molecule has 0 radical (unpaired) electrons. The molecule has 0 bridgehead atoms. The van der Waals surface area contributed by atoms with Crippen molar-refractivity contribution in [3.63, 3.8) is 0 Å². The summed E-state index contributed by atoms with van der Waals surface area (Å²) in [4.78, 5) is 24.7. The van der Waals surface area contributed by atoms with Gasteiger partial charge in [0.1, 0.15) is 6.54 Å². The molecule has 0 saturated carbocycles. The first kappa shape index (κ1) is 28.0. The SMILES string of the molecule is CC(C)(C)NC(CCNC(=O)CCOCCOCC[N+](C)(C)C)C(=O)C(C)(C)C. The number of carbonyl (C=O) groups is 2. The van der Waals surface area contributed by atoms with Crippen molar-refractivity contribution in [1.29, 1.82) is 0 Å². The van der Waals surface area contributed by atoms with Crippen LogP contribution < -0.4 is 10.6 Å². The predicted octanol–water partition coefficient (Wildman–Crippen LogP) is 1.99. The number of nitrogens with one attached hydrogen (secondary N) is 2. The Bertz CT molecular complexity index is 488. The Kier molecular flexibility index (Phi) is 12.2. The summed E-state index contributed by atoms with van der Waals surface area (Å²) in [7, 11) is 6.37. The van der Waals surface area contributed by atoms with Crippen LogP contribution in [-0.2, 0) is 19.1 Å². The fourth-order valence-corrected chi connectivity index (χ4v) is 2.58. The summed E-state index contributed by atoms with van der Waals surface area (Å²) in [5.41, 5.74) is -0.591. The van der Waals surface area contributed by atoms with Crippen molar-refractivity contribution in [2.75, 3.05) is 60.7 Å². The number of likely N-dealkylation sites (N-methyl/N-ethyl adjacent to an activating group) is 1. The minimum atomic E-state index is -0.422. The zero-order valence-corrected chi connectivity index (χ0v) is 20.3. The predicted molar refractivity (Wildman–Crippen MR) is 118 cm³/mol. The van der Waals surface area contributed by atoms with Gasteiger partial charge in [0.15, 0.2) is 5.78 Å². The molecule has 1 amide bonds. The number of hydrogen-bond donors (Lipinski definition) is 2. The maximum Gasteiger partial charge on any atom is 0.222 e.